The fourth-order valence-corrected chi connectivity index (χ4v) is 3.33. The fourth-order valence-electron chi connectivity index (χ4n) is 1.33. The normalized spacial score (nSPS) is 10.4. The first-order chi connectivity index (χ1) is 10.1. The zero-order chi connectivity index (χ0) is 15.2. The van der Waals surface area contributed by atoms with E-state index in [4.69, 9.17) is 27.9 Å². The highest BCUT2D eigenvalue weighted by Gasteiger charge is 2.10. The second-order valence-corrected chi connectivity index (χ2v) is 7.05. The summed E-state index contributed by atoms with van der Waals surface area (Å²) in [4.78, 5) is 11.8. The first kappa shape index (κ1) is 16.4. The zero-order valence-corrected chi connectivity index (χ0v) is 14.1. The molecule has 0 radical (unpaired) electrons. The summed E-state index contributed by atoms with van der Waals surface area (Å²) in [7, 11) is 0. The quantitative estimate of drug-likeness (QED) is 0.621. The van der Waals surface area contributed by atoms with Crippen molar-refractivity contribution in [3.05, 3.63) is 28.2 Å². The molecule has 0 aliphatic rings. The number of nitrogens with one attached hydrogen (secondary N) is 1. The number of ether oxygens (including phenoxy) is 1. The lowest BCUT2D eigenvalue weighted by molar-refractivity contribution is -0.118. The van der Waals surface area contributed by atoms with Crippen LogP contribution in [0.2, 0.25) is 10.0 Å². The number of rotatable bonds is 6. The second-order valence-electron chi connectivity index (χ2n) is 3.72. The molecule has 1 amide bonds. The van der Waals surface area contributed by atoms with Crippen LogP contribution in [-0.2, 0) is 4.79 Å². The van der Waals surface area contributed by atoms with Crippen LogP contribution < -0.4 is 10.1 Å². The zero-order valence-electron chi connectivity index (χ0n) is 10.9. The smallest absolute Gasteiger partial charge is 0.264 e. The highest BCUT2D eigenvalue weighted by Crippen LogP contribution is 2.28. The third-order valence-corrected chi connectivity index (χ3v) is 4.57. The van der Waals surface area contributed by atoms with Crippen molar-refractivity contribution in [3.63, 3.8) is 0 Å². The van der Waals surface area contributed by atoms with Gasteiger partial charge >= 0.3 is 0 Å². The van der Waals surface area contributed by atoms with Gasteiger partial charge in [-0.15, -0.1) is 10.2 Å². The molecule has 0 spiro atoms. The Morgan fingerprint density at radius 3 is 3.00 bits per heavy atom. The van der Waals surface area contributed by atoms with E-state index in [9.17, 15) is 4.79 Å². The van der Waals surface area contributed by atoms with E-state index in [0.29, 0.717) is 20.9 Å². The molecule has 0 saturated carbocycles. The molecular formula is C12H11Cl2N3O2S2. The van der Waals surface area contributed by atoms with Crippen molar-refractivity contribution in [2.24, 2.45) is 0 Å². The average Bonchev–Trinajstić information content (AvgIpc) is 2.87. The van der Waals surface area contributed by atoms with E-state index in [2.05, 4.69) is 15.5 Å². The summed E-state index contributed by atoms with van der Waals surface area (Å²) >= 11 is 14.7. The number of nitrogens with zero attached hydrogens (tertiary/aromatic N) is 2. The number of hydrogen-bond donors (Lipinski definition) is 1. The van der Waals surface area contributed by atoms with Crippen molar-refractivity contribution in [3.8, 4) is 5.75 Å². The van der Waals surface area contributed by atoms with E-state index in [-0.39, 0.29) is 12.5 Å². The minimum absolute atomic E-state index is 0.185. The van der Waals surface area contributed by atoms with Gasteiger partial charge in [0.2, 0.25) is 5.13 Å². The van der Waals surface area contributed by atoms with Crippen molar-refractivity contribution in [2.45, 2.75) is 11.3 Å². The summed E-state index contributed by atoms with van der Waals surface area (Å²) in [6.45, 7) is 1.84. The van der Waals surface area contributed by atoms with Crippen LogP contribution in [0.1, 0.15) is 6.92 Å². The minimum Gasteiger partial charge on any atom is -0.482 e. The van der Waals surface area contributed by atoms with Gasteiger partial charge in [0.25, 0.3) is 5.91 Å². The molecule has 0 saturated heterocycles. The first-order valence-corrected chi connectivity index (χ1v) is 8.48. The number of carbonyl (C=O) groups excluding carboxylic acids is 1. The number of aromatic nitrogens is 2. The summed E-state index contributed by atoms with van der Waals surface area (Å²) in [6.07, 6.45) is 0. The van der Waals surface area contributed by atoms with E-state index in [0.717, 1.165) is 10.1 Å². The van der Waals surface area contributed by atoms with Gasteiger partial charge in [0.1, 0.15) is 5.75 Å². The Balaban J connectivity index is 1.88. The van der Waals surface area contributed by atoms with E-state index < -0.39 is 0 Å². The Labute approximate surface area is 140 Å². The standard InChI is InChI=1S/C12H11Cl2N3O2S2/c1-2-20-12-17-16-11(21-12)15-10(18)6-19-9-5-7(13)3-4-8(9)14/h3-5H,2,6H2,1H3,(H,15,16,18). The summed E-state index contributed by atoms with van der Waals surface area (Å²) in [5, 5.41) is 11.8. The van der Waals surface area contributed by atoms with Gasteiger partial charge in [-0.2, -0.15) is 0 Å². The molecule has 2 rings (SSSR count). The van der Waals surface area contributed by atoms with Gasteiger partial charge in [0.05, 0.1) is 5.02 Å². The van der Waals surface area contributed by atoms with E-state index in [1.165, 1.54) is 11.3 Å². The average molecular weight is 364 g/mol. The number of carbonyl (C=O) groups is 1. The van der Waals surface area contributed by atoms with Crippen LogP contribution in [0.4, 0.5) is 5.13 Å². The molecule has 112 valence electrons. The van der Waals surface area contributed by atoms with Crippen molar-refractivity contribution in [1.29, 1.82) is 0 Å². The summed E-state index contributed by atoms with van der Waals surface area (Å²) < 4.78 is 6.14. The molecule has 0 fully saturated rings. The van der Waals surface area contributed by atoms with Crippen LogP contribution in [0.25, 0.3) is 0 Å². The fraction of sp³-hybridized carbons (Fsp3) is 0.250. The third-order valence-electron chi connectivity index (χ3n) is 2.17. The molecule has 5 nitrogen and oxygen atoms in total. The van der Waals surface area contributed by atoms with Gasteiger partial charge in [0, 0.05) is 11.1 Å². The van der Waals surface area contributed by atoms with Crippen LogP contribution in [0.15, 0.2) is 22.5 Å². The van der Waals surface area contributed by atoms with Gasteiger partial charge in [-0.25, -0.2) is 0 Å². The lowest BCUT2D eigenvalue weighted by Gasteiger charge is -2.07. The Morgan fingerprint density at radius 1 is 1.43 bits per heavy atom. The Bertz CT molecular complexity index is 637. The maximum Gasteiger partial charge on any atom is 0.264 e. The number of benzene rings is 1. The van der Waals surface area contributed by atoms with Crippen LogP contribution in [0, 0.1) is 0 Å². The van der Waals surface area contributed by atoms with Crippen LogP contribution in [0.3, 0.4) is 0 Å². The van der Waals surface area contributed by atoms with E-state index in [1.54, 1.807) is 30.0 Å². The van der Waals surface area contributed by atoms with Crippen LogP contribution in [0.5, 0.6) is 5.75 Å². The molecule has 2 aromatic rings. The number of hydrogen-bond acceptors (Lipinski definition) is 6. The van der Waals surface area contributed by atoms with Gasteiger partial charge in [-0.05, 0) is 17.9 Å². The summed E-state index contributed by atoms with van der Waals surface area (Å²) in [5.41, 5.74) is 0. The number of halogens is 2. The first-order valence-electron chi connectivity index (χ1n) is 5.92. The minimum atomic E-state index is -0.338. The predicted molar refractivity (Wildman–Crippen MR) is 86.9 cm³/mol. The molecule has 9 heteroatoms. The maximum absolute atomic E-state index is 11.8. The SMILES string of the molecule is CCSc1nnc(NC(=O)COc2cc(Cl)ccc2Cl)s1. The van der Waals surface area contributed by atoms with Gasteiger partial charge < -0.3 is 4.74 Å². The molecule has 0 unspecified atom stereocenters. The Kier molecular flexibility index (Phi) is 6.10. The number of thioether (sulfide) groups is 1. The second kappa shape index (κ2) is 7.84. The molecule has 1 aromatic heterocycles. The number of amides is 1. The van der Waals surface area contributed by atoms with Crippen molar-refractivity contribution in [2.75, 3.05) is 17.7 Å². The third kappa shape index (κ3) is 5.03. The Hall–Kier alpha value is -1.02. The number of anilines is 1. The highest BCUT2D eigenvalue weighted by atomic mass is 35.5. The molecule has 1 aromatic carbocycles. The molecule has 21 heavy (non-hydrogen) atoms. The van der Waals surface area contributed by atoms with E-state index in [1.807, 2.05) is 6.92 Å². The molecule has 0 bridgehead atoms. The largest absolute Gasteiger partial charge is 0.482 e. The van der Waals surface area contributed by atoms with Crippen molar-refractivity contribution < 1.29 is 9.53 Å². The van der Waals surface area contributed by atoms with Gasteiger partial charge in [0.15, 0.2) is 10.9 Å². The Morgan fingerprint density at radius 2 is 2.24 bits per heavy atom. The van der Waals surface area contributed by atoms with Crippen LogP contribution >= 0.6 is 46.3 Å². The monoisotopic (exact) mass is 363 g/mol. The van der Waals surface area contributed by atoms with E-state index >= 15 is 0 Å². The molecule has 0 atom stereocenters. The molecular weight excluding hydrogens is 353 g/mol. The molecule has 1 N–H and O–H groups in total. The highest BCUT2D eigenvalue weighted by molar-refractivity contribution is 8.01. The summed E-state index contributed by atoms with van der Waals surface area (Å²) in [6, 6.07) is 4.80. The lowest BCUT2D eigenvalue weighted by Crippen LogP contribution is -2.20. The molecule has 1 heterocycles. The van der Waals surface area contributed by atoms with Crippen molar-refractivity contribution in [1.82, 2.24) is 10.2 Å². The predicted octanol–water partition coefficient (Wildman–Crippen LogP) is 3.97. The molecule has 0 aliphatic heterocycles. The molecule has 0 aliphatic carbocycles. The topological polar surface area (TPSA) is 64.1 Å². The van der Waals surface area contributed by atoms with Gasteiger partial charge in [-0.1, -0.05) is 53.2 Å². The van der Waals surface area contributed by atoms with Crippen molar-refractivity contribution >= 4 is 57.3 Å². The summed E-state index contributed by atoms with van der Waals surface area (Å²) in [5.74, 6) is 0.924. The van der Waals surface area contributed by atoms with Crippen LogP contribution in [-0.4, -0.2) is 28.5 Å². The lowest BCUT2D eigenvalue weighted by atomic mass is 10.3. The van der Waals surface area contributed by atoms with Gasteiger partial charge in [-0.3, -0.25) is 10.1 Å². The maximum atomic E-state index is 11.8.